The maximum Gasteiger partial charge on any atom is 0.397 e. The molecule has 2 heterocycles. The Hall–Kier alpha value is -0.460. The van der Waals surface area contributed by atoms with Gasteiger partial charge in [0.25, 0.3) is 0 Å². The minimum atomic E-state index is -4.74. The predicted octanol–water partition coefficient (Wildman–Crippen LogP) is -1.73. The zero-order valence-corrected chi connectivity index (χ0v) is 16.5. The van der Waals surface area contributed by atoms with Gasteiger partial charge in [0.15, 0.2) is 6.29 Å². The van der Waals surface area contributed by atoms with Gasteiger partial charge >= 0.3 is 20.8 Å². The van der Waals surface area contributed by atoms with Crippen LogP contribution in [0.3, 0.4) is 0 Å². The molecular formula is C13H24O13S2. The summed E-state index contributed by atoms with van der Waals surface area (Å²) in [5, 5.41) is 20.3. The van der Waals surface area contributed by atoms with E-state index in [0.29, 0.717) is 0 Å². The Labute approximate surface area is 162 Å². The lowest BCUT2D eigenvalue weighted by atomic mass is 9.93. The molecule has 0 radical (unpaired) electrons. The molecule has 0 aromatic rings. The highest BCUT2D eigenvalue weighted by Crippen LogP contribution is 2.28. The van der Waals surface area contributed by atoms with Crippen LogP contribution in [0.2, 0.25) is 0 Å². The summed E-state index contributed by atoms with van der Waals surface area (Å²) >= 11 is 0. The summed E-state index contributed by atoms with van der Waals surface area (Å²) in [6.45, 7) is 0.558. The summed E-state index contributed by atoms with van der Waals surface area (Å²) in [7, 11) is -9.43. The van der Waals surface area contributed by atoms with E-state index in [1.165, 1.54) is 0 Å². The van der Waals surface area contributed by atoms with Crippen LogP contribution in [0.25, 0.3) is 0 Å². The van der Waals surface area contributed by atoms with Crippen molar-refractivity contribution in [2.45, 2.75) is 56.6 Å². The molecule has 2 fully saturated rings. The van der Waals surface area contributed by atoms with E-state index in [9.17, 15) is 27.0 Å². The Morgan fingerprint density at radius 1 is 1.00 bits per heavy atom. The molecular weight excluding hydrogens is 428 g/mol. The summed E-state index contributed by atoms with van der Waals surface area (Å²) in [5.74, 6) is -0.376. The van der Waals surface area contributed by atoms with Gasteiger partial charge in [0.2, 0.25) is 0 Å². The molecule has 4 N–H and O–H groups in total. The number of rotatable bonds is 8. The van der Waals surface area contributed by atoms with Crippen molar-refractivity contribution in [3.8, 4) is 0 Å². The average Bonchev–Trinajstić information content (AvgIpc) is 2.54. The van der Waals surface area contributed by atoms with Gasteiger partial charge in [-0.1, -0.05) is 6.92 Å². The lowest BCUT2D eigenvalue weighted by molar-refractivity contribution is -0.284. The molecule has 15 heteroatoms. The zero-order valence-electron chi connectivity index (χ0n) is 14.9. The second-order valence-corrected chi connectivity index (χ2v) is 8.86. The van der Waals surface area contributed by atoms with Crippen LogP contribution in [0.1, 0.15) is 19.8 Å². The molecule has 0 aromatic carbocycles. The fraction of sp³-hybridized carbons (Fsp3) is 1.00. The smallest absolute Gasteiger partial charge is 0.393 e. The van der Waals surface area contributed by atoms with E-state index in [0.717, 1.165) is 0 Å². The minimum absolute atomic E-state index is 0.0186. The molecule has 13 nitrogen and oxygen atoms in total. The van der Waals surface area contributed by atoms with Crippen LogP contribution in [0.15, 0.2) is 0 Å². The Morgan fingerprint density at radius 3 is 2.21 bits per heavy atom. The number of ether oxygens (including phenoxy) is 3. The lowest BCUT2D eigenvalue weighted by Gasteiger charge is -2.42. The number of aliphatic hydroxyl groups excluding tert-OH is 2. The summed E-state index contributed by atoms with van der Waals surface area (Å²) < 4.78 is 85.4. The molecule has 0 aromatic heterocycles. The largest absolute Gasteiger partial charge is 0.397 e. The minimum Gasteiger partial charge on any atom is -0.393 e. The van der Waals surface area contributed by atoms with E-state index in [4.69, 9.17) is 23.3 Å². The first-order valence-corrected chi connectivity index (χ1v) is 11.1. The van der Waals surface area contributed by atoms with Crippen molar-refractivity contribution in [3.63, 3.8) is 0 Å². The summed E-state index contributed by atoms with van der Waals surface area (Å²) in [4.78, 5) is 0. The summed E-state index contributed by atoms with van der Waals surface area (Å²) in [5.41, 5.74) is 0. The first-order chi connectivity index (χ1) is 12.8. The molecule has 2 saturated heterocycles. The van der Waals surface area contributed by atoms with E-state index in [1.807, 2.05) is 0 Å². The maximum absolute atomic E-state index is 10.8. The van der Waals surface area contributed by atoms with Gasteiger partial charge in [-0.25, -0.2) is 8.37 Å². The Morgan fingerprint density at radius 2 is 1.61 bits per heavy atom. The highest BCUT2D eigenvalue weighted by atomic mass is 32.3. The van der Waals surface area contributed by atoms with Crippen molar-refractivity contribution in [1.29, 1.82) is 0 Å². The fourth-order valence-electron chi connectivity index (χ4n) is 2.96. The maximum atomic E-state index is 10.8. The first-order valence-electron chi connectivity index (χ1n) is 8.36. The van der Waals surface area contributed by atoms with Crippen molar-refractivity contribution in [3.05, 3.63) is 0 Å². The van der Waals surface area contributed by atoms with Crippen molar-refractivity contribution in [2.24, 2.45) is 5.92 Å². The summed E-state index contributed by atoms with van der Waals surface area (Å²) in [6.07, 6.45) is -6.27. The van der Waals surface area contributed by atoms with Gasteiger partial charge in [-0.05, 0) is 0 Å². The monoisotopic (exact) mass is 452 g/mol. The van der Waals surface area contributed by atoms with Gasteiger partial charge in [-0.3, -0.25) is 9.11 Å². The van der Waals surface area contributed by atoms with Crippen LogP contribution in [0.4, 0.5) is 0 Å². The number of hydrogen-bond donors (Lipinski definition) is 4. The van der Waals surface area contributed by atoms with Gasteiger partial charge in [-0.2, -0.15) is 16.8 Å². The molecule has 0 aliphatic carbocycles. The molecule has 0 saturated carbocycles. The molecule has 0 unspecified atom stereocenters. The lowest BCUT2D eigenvalue weighted by Crippen LogP contribution is -2.55. The molecule has 166 valence electrons. The van der Waals surface area contributed by atoms with E-state index >= 15 is 0 Å². The highest BCUT2D eigenvalue weighted by molar-refractivity contribution is 7.81. The second kappa shape index (κ2) is 9.57. The Balaban J connectivity index is 2.02. The van der Waals surface area contributed by atoms with E-state index in [-0.39, 0.29) is 25.4 Å². The van der Waals surface area contributed by atoms with E-state index < -0.39 is 70.8 Å². The molecule has 2 aliphatic heterocycles. The topological polar surface area (TPSA) is 195 Å². The van der Waals surface area contributed by atoms with Crippen molar-refractivity contribution < 1.29 is 58.7 Å². The third-order valence-corrected chi connectivity index (χ3v) is 5.16. The number of aliphatic hydroxyl groups is 2. The van der Waals surface area contributed by atoms with Gasteiger partial charge < -0.3 is 24.4 Å². The standard InChI is InChI=1S/C13H24O13S2/c1-7-4-22-10(6-24-28(19,20)21)13(12(7)15)26-11-3-8(14)2-9(25-11)5-23-27(16,17)18/h7-15H,2-6H2,1H3,(H,16,17,18)(H,19,20,21)/t7-,8-,9-,10+,11+,12+,13+/m0/s1. The van der Waals surface area contributed by atoms with Gasteiger partial charge in [-0.15, -0.1) is 0 Å². The Bertz CT molecular complexity index is 708. The molecule has 0 amide bonds. The van der Waals surface area contributed by atoms with Crippen LogP contribution in [0.5, 0.6) is 0 Å². The molecule has 7 atom stereocenters. The van der Waals surface area contributed by atoms with Crippen molar-refractivity contribution in [1.82, 2.24) is 0 Å². The van der Waals surface area contributed by atoms with Crippen molar-refractivity contribution in [2.75, 3.05) is 19.8 Å². The molecule has 2 aliphatic rings. The highest BCUT2D eigenvalue weighted by Gasteiger charge is 2.42. The normalized spacial score (nSPS) is 37.7. The third kappa shape index (κ3) is 7.75. The van der Waals surface area contributed by atoms with Crippen LogP contribution in [0, 0.1) is 5.92 Å². The van der Waals surface area contributed by atoms with E-state index in [1.54, 1.807) is 6.92 Å². The fourth-order valence-corrected chi connectivity index (χ4v) is 3.59. The van der Waals surface area contributed by atoms with Crippen LogP contribution < -0.4 is 0 Å². The number of hydrogen-bond acceptors (Lipinski definition) is 11. The van der Waals surface area contributed by atoms with Crippen LogP contribution in [-0.4, -0.2) is 92.8 Å². The third-order valence-electron chi connectivity index (χ3n) is 4.30. The molecule has 0 bridgehead atoms. The first kappa shape index (κ1) is 23.8. The zero-order chi connectivity index (χ0) is 21.1. The van der Waals surface area contributed by atoms with Gasteiger partial charge in [0, 0.05) is 18.8 Å². The average molecular weight is 452 g/mol. The van der Waals surface area contributed by atoms with E-state index in [2.05, 4.69) is 8.37 Å². The second-order valence-electron chi connectivity index (χ2n) is 6.68. The molecule has 0 spiro atoms. The SMILES string of the molecule is C[C@H]1CO[C@H](COS(=O)(=O)O)[C@@H](O[C@@H]2C[C@@H](O)C[C@@H](COS(=O)(=O)O)O2)[C@@H]1O. The van der Waals surface area contributed by atoms with Gasteiger partial charge in [0.1, 0.15) is 12.2 Å². The molecule has 2 rings (SSSR count). The predicted molar refractivity (Wildman–Crippen MR) is 88.7 cm³/mol. The Kier molecular flexibility index (Phi) is 8.14. The van der Waals surface area contributed by atoms with Gasteiger partial charge in [0.05, 0.1) is 38.1 Å². The quantitative estimate of drug-likeness (QED) is 0.304. The summed E-state index contributed by atoms with van der Waals surface area (Å²) in [6, 6.07) is 0. The molecule has 28 heavy (non-hydrogen) atoms. The van der Waals surface area contributed by atoms with Crippen LogP contribution >= 0.6 is 0 Å². The van der Waals surface area contributed by atoms with Crippen LogP contribution in [-0.2, 0) is 43.4 Å². The van der Waals surface area contributed by atoms with Crippen molar-refractivity contribution >= 4 is 20.8 Å².